The van der Waals surface area contributed by atoms with E-state index >= 15 is 0 Å². The molecular formula is C18H15BrCl2O5. The lowest BCUT2D eigenvalue weighted by Gasteiger charge is -2.27. The standard InChI is InChI=1S/C18H15BrCl2O5/c19-10-18(15-6-3-12(20)7-16(15)21)25-9-14(26-18)8-24-13-4-1-11(2-5-13)17(22)23/h1-7,14H,8-10H2,(H,22,23). The van der Waals surface area contributed by atoms with Crippen molar-refractivity contribution in [3.8, 4) is 5.75 Å². The van der Waals surface area contributed by atoms with Crippen molar-refractivity contribution < 1.29 is 24.1 Å². The lowest BCUT2D eigenvalue weighted by Crippen LogP contribution is -2.31. The number of ether oxygens (including phenoxy) is 3. The maximum Gasteiger partial charge on any atom is 0.335 e. The maximum atomic E-state index is 10.9. The number of halogens is 3. The van der Waals surface area contributed by atoms with E-state index in [2.05, 4.69) is 15.9 Å². The Morgan fingerprint density at radius 1 is 1.27 bits per heavy atom. The van der Waals surface area contributed by atoms with E-state index in [1.165, 1.54) is 12.1 Å². The third-order valence-electron chi connectivity index (χ3n) is 3.91. The Morgan fingerprint density at radius 3 is 2.62 bits per heavy atom. The number of alkyl halides is 1. The summed E-state index contributed by atoms with van der Waals surface area (Å²) in [6.45, 7) is 0.587. The molecule has 5 nitrogen and oxygen atoms in total. The summed E-state index contributed by atoms with van der Waals surface area (Å²) in [6.07, 6.45) is -0.307. The fourth-order valence-corrected chi connectivity index (χ4v) is 3.76. The molecule has 138 valence electrons. The van der Waals surface area contributed by atoms with Crippen LogP contribution in [0.5, 0.6) is 5.75 Å². The molecule has 0 bridgehead atoms. The van der Waals surface area contributed by atoms with E-state index in [1.54, 1.807) is 30.3 Å². The molecule has 0 spiro atoms. The van der Waals surface area contributed by atoms with Crippen LogP contribution in [-0.2, 0) is 15.3 Å². The van der Waals surface area contributed by atoms with Crippen molar-refractivity contribution >= 4 is 45.1 Å². The van der Waals surface area contributed by atoms with E-state index in [0.717, 1.165) is 0 Å². The molecule has 0 aromatic heterocycles. The SMILES string of the molecule is O=C(O)c1ccc(OCC2COC(CBr)(c3ccc(Cl)cc3Cl)O2)cc1. The number of hydrogen-bond acceptors (Lipinski definition) is 4. The topological polar surface area (TPSA) is 65.0 Å². The second-order valence-electron chi connectivity index (χ2n) is 5.70. The number of aromatic carboxylic acids is 1. The molecule has 26 heavy (non-hydrogen) atoms. The van der Waals surface area contributed by atoms with Crippen molar-refractivity contribution in [3.05, 3.63) is 63.6 Å². The Hall–Kier alpha value is -1.31. The minimum Gasteiger partial charge on any atom is -0.491 e. The average Bonchev–Trinajstić information content (AvgIpc) is 3.05. The van der Waals surface area contributed by atoms with Gasteiger partial charge in [-0.2, -0.15) is 0 Å². The predicted molar refractivity (Wildman–Crippen MR) is 102 cm³/mol. The van der Waals surface area contributed by atoms with Gasteiger partial charge < -0.3 is 19.3 Å². The third kappa shape index (κ3) is 4.15. The number of hydrogen-bond donors (Lipinski definition) is 1. The van der Waals surface area contributed by atoms with Crippen molar-refractivity contribution in [2.75, 3.05) is 18.5 Å². The third-order valence-corrected chi connectivity index (χ3v) is 5.20. The second kappa shape index (κ2) is 8.15. The van der Waals surface area contributed by atoms with Crippen LogP contribution in [0.4, 0.5) is 0 Å². The van der Waals surface area contributed by atoms with Crippen molar-refractivity contribution in [1.82, 2.24) is 0 Å². The van der Waals surface area contributed by atoms with Crippen LogP contribution >= 0.6 is 39.1 Å². The summed E-state index contributed by atoms with van der Waals surface area (Å²) in [7, 11) is 0. The van der Waals surface area contributed by atoms with Crippen LogP contribution in [0.25, 0.3) is 0 Å². The fraction of sp³-hybridized carbons (Fsp3) is 0.278. The van der Waals surface area contributed by atoms with Crippen molar-refractivity contribution in [1.29, 1.82) is 0 Å². The number of carboxylic acid groups (broad SMARTS) is 1. The molecule has 1 aliphatic rings. The summed E-state index contributed by atoms with van der Waals surface area (Å²) in [5.41, 5.74) is 0.891. The molecule has 1 N–H and O–H groups in total. The van der Waals surface area contributed by atoms with E-state index < -0.39 is 11.8 Å². The Kier molecular flexibility index (Phi) is 6.10. The summed E-state index contributed by atoms with van der Waals surface area (Å²) in [6, 6.07) is 11.3. The Balaban J connectivity index is 1.66. The molecule has 0 saturated carbocycles. The molecule has 8 heteroatoms. The molecule has 1 fully saturated rings. The van der Waals surface area contributed by atoms with Crippen LogP contribution in [0.3, 0.4) is 0 Å². The van der Waals surface area contributed by atoms with Crippen LogP contribution in [0, 0.1) is 0 Å². The van der Waals surface area contributed by atoms with Gasteiger partial charge in [0.05, 0.1) is 22.5 Å². The van der Waals surface area contributed by atoms with Crippen LogP contribution in [-0.4, -0.2) is 35.7 Å². The minimum absolute atomic E-state index is 0.202. The zero-order valence-corrected chi connectivity index (χ0v) is 16.6. The van der Waals surface area contributed by atoms with Crippen LogP contribution in [0.15, 0.2) is 42.5 Å². The number of rotatable bonds is 6. The normalized spacial score (nSPS) is 22.3. The predicted octanol–water partition coefficient (Wildman–Crippen LogP) is 4.73. The van der Waals surface area contributed by atoms with Gasteiger partial charge >= 0.3 is 5.97 Å². The van der Waals surface area contributed by atoms with E-state index in [1.807, 2.05) is 0 Å². The molecule has 0 aliphatic carbocycles. The molecule has 0 radical (unpaired) electrons. The summed E-state index contributed by atoms with van der Waals surface area (Å²) in [5, 5.41) is 10.3. The highest BCUT2D eigenvalue weighted by molar-refractivity contribution is 9.09. The maximum absolute atomic E-state index is 10.9. The zero-order valence-electron chi connectivity index (χ0n) is 13.5. The molecule has 1 heterocycles. The molecular weight excluding hydrogens is 447 g/mol. The van der Waals surface area contributed by atoms with Gasteiger partial charge in [0.2, 0.25) is 5.79 Å². The average molecular weight is 462 g/mol. The zero-order chi connectivity index (χ0) is 18.7. The van der Waals surface area contributed by atoms with Crippen molar-refractivity contribution in [2.45, 2.75) is 11.9 Å². The lowest BCUT2D eigenvalue weighted by atomic mass is 10.1. The Bertz CT molecular complexity index is 799. The fourth-order valence-electron chi connectivity index (χ4n) is 2.61. The van der Waals surface area contributed by atoms with Gasteiger partial charge in [-0.1, -0.05) is 45.2 Å². The quantitative estimate of drug-likeness (QED) is 0.629. The molecule has 3 rings (SSSR count). The van der Waals surface area contributed by atoms with Gasteiger partial charge in [-0.3, -0.25) is 0 Å². The lowest BCUT2D eigenvalue weighted by molar-refractivity contribution is -0.159. The summed E-state index contributed by atoms with van der Waals surface area (Å²) in [5.74, 6) is -1.44. The first-order valence-corrected chi connectivity index (χ1v) is 9.61. The monoisotopic (exact) mass is 460 g/mol. The summed E-state index contributed by atoms with van der Waals surface area (Å²) < 4.78 is 17.6. The number of carboxylic acids is 1. The van der Waals surface area contributed by atoms with Gasteiger partial charge in [0.15, 0.2) is 0 Å². The van der Waals surface area contributed by atoms with E-state index in [9.17, 15) is 4.79 Å². The molecule has 2 unspecified atom stereocenters. The van der Waals surface area contributed by atoms with Crippen molar-refractivity contribution in [2.24, 2.45) is 0 Å². The van der Waals surface area contributed by atoms with Gasteiger partial charge in [-0.15, -0.1) is 0 Å². The molecule has 1 aliphatic heterocycles. The largest absolute Gasteiger partial charge is 0.491 e. The summed E-state index contributed by atoms with van der Waals surface area (Å²) >= 11 is 15.7. The van der Waals surface area contributed by atoms with E-state index in [4.69, 9.17) is 42.5 Å². The first kappa shape index (κ1) is 19.5. The van der Waals surface area contributed by atoms with Gasteiger partial charge in [0.25, 0.3) is 0 Å². The van der Waals surface area contributed by atoms with Crippen LogP contribution in [0.2, 0.25) is 10.0 Å². The Labute approximate surface area is 168 Å². The molecule has 1 saturated heterocycles. The number of carbonyl (C=O) groups is 1. The van der Waals surface area contributed by atoms with Crippen LogP contribution < -0.4 is 4.74 Å². The highest BCUT2D eigenvalue weighted by Gasteiger charge is 2.44. The van der Waals surface area contributed by atoms with Gasteiger partial charge in [-0.25, -0.2) is 4.79 Å². The van der Waals surface area contributed by atoms with Crippen molar-refractivity contribution in [3.63, 3.8) is 0 Å². The minimum atomic E-state index is -1.01. The molecule has 2 aromatic carbocycles. The van der Waals surface area contributed by atoms with Crippen LogP contribution in [0.1, 0.15) is 15.9 Å². The molecule has 0 amide bonds. The highest BCUT2D eigenvalue weighted by atomic mass is 79.9. The van der Waals surface area contributed by atoms with E-state index in [-0.39, 0.29) is 18.3 Å². The van der Waals surface area contributed by atoms with Gasteiger partial charge in [0.1, 0.15) is 18.5 Å². The smallest absolute Gasteiger partial charge is 0.335 e. The van der Waals surface area contributed by atoms with Gasteiger partial charge in [-0.05, 0) is 36.4 Å². The first-order valence-electron chi connectivity index (χ1n) is 7.73. The highest BCUT2D eigenvalue weighted by Crippen LogP contribution is 2.40. The van der Waals surface area contributed by atoms with E-state index in [0.29, 0.717) is 33.3 Å². The number of benzene rings is 2. The Morgan fingerprint density at radius 2 is 2.00 bits per heavy atom. The summed E-state index contributed by atoms with van der Waals surface area (Å²) in [4.78, 5) is 10.9. The first-order chi connectivity index (χ1) is 12.4. The second-order valence-corrected chi connectivity index (χ2v) is 7.11. The van der Waals surface area contributed by atoms with Gasteiger partial charge in [0, 0.05) is 10.6 Å². The molecule has 2 aromatic rings. The molecule has 2 atom stereocenters.